The van der Waals surface area contributed by atoms with E-state index in [1.165, 1.54) is 11.3 Å². The van der Waals surface area contributed by atoms with E-state index >= 15 is 0 Å². The molecule has 2 atom stereocenters. The molecule has 6 nitrogen and oxygen atoms in total. The summed E-state index contributed by atoms with van der Waals surface area (Å²) in [7, 11) is -2.00. The number of sulfonamides is 1. The van der Waals surface area contributed by atoms with Gasteiger partial charge < -0.3 is 4.74 Å². The third-order valence-corrected chi connectivity index (χ3v) is 8.06. The number of hydrogen-bond acceptors (Lipinski definition) is 5. The van der Waals surface area contributed by atoms with Gasteiger partial charge in [-0.25, -0.2) is 8.42 Å². The first-order valence-electron chi connectivity index (χ1n) is 9.45. The number of aromatic nitrogens is 2. The Kier molecular flexibility index (Phi) is 5.82. The SMILES string of the molecule is CCC1COC(C)(CCC(C)C)N1S(=O)(=O)c1cn(C)nc1-c1cccs1. The molecule has 2 unspecified atom stereocenters. The fraction of sp³-hybridized carbons (Fsp3) is 0.632. The molecule has 150 valence electrons. The Balaban J connectivity index is 2.07. The molecule has 0 N–H and O–H groups in total. The fourth-order valence-corrected chi connectivity index (χ4v) is 6.55. The maximum Gasteiger partial charge on any atom is 0.249 e. The van der Waals surface area contributed by atoms with Crippen molar-refractivity contribution in [1.29, 1.82) is 0 Å². The van der Waals surface area contributed by atoms with E-state index in [4.69, 9.17) is 4.74 Å². The summed E-state index contributed by atoms with van der Waals surface area (Å²) < 4.78 is 36.8. The Hall–Kier alpha value is -1.22. The Morgan fingerprint density at radius 1 is 1.44 bits per heavy atom. The average Bonchev–Trinajstić information content (AvgIpc) is 3.31. The lowest BCUT2D eigenvalue weighted by molar-refractivity contribution is -0.0433. The van der Waals surface area contributed by atoms with Gasteiger partial charge in [0.05, 0.1) is 17.5 Å². The maximum absolute atomic E-state index is 13.8. The van der Waals surface area contributed by atoms with E-state index in [-0.39, 0.29) is 10.9 Å². The third-order valence-electron chi connectivity index (χ3n) is 5.13. The lowest BCUT2D eigenvalue weighted by atomic mass is 10.0. The van der Waals surface area contributed by atoms with E-state index in [2.05, 4.69) is 18.9 Å². The number of rotatable bonds is 7. The van der Waals surface area contributed by atoms with Crippen molar-refractivity contribution in [3.63, 3.8) is 0 Å². The van der Waals surface area contributed by atoms with Crippen molar-refractivity contribution >= 4 is 21.4 Å². The molecule has 0 spiro atoms. The Bertz CT molecular complexity index is 874. The number of aryl methyl sites for hydroxylation is 1. The van der Waals surface area contributed by atoms with Crippen LogP contribution in [-0.4, -0.2) is 40.9 Å². The van der Waals surface area contributed by atoms with Crippen LogP contribution in [0.4, 0.5) is 0 Å². The third kappa shape index (κ3) is 3.85. The molecule has 0 bridgehead atoms. The molecule has 1 saturated heterocycles. The van der Waals surface area contributed by atoms with Gasteiger partial charge in [-0.2, -0.15) is 9.40 Å². The summed E-state index contributed by atoms with van der Waals surface area (Å²) in [6.45, 7) is 8.63. The Morgan fingerprint density at radius 2 is 2.19 bits per heavy atom. The van der Waals surface area contributed by atoms with Crippen LogP contribution in [0.25, 0.3) is 10.6 Å². The number of ether oxygens (including phenoxy) is 1. The highest BCUT2D eigenvalue weighted by molar-refractivity contribution is 7.89. The summed E-state index contributed by atoms with van der Waals surface area (Å²) in [6, 6.07) is 3.65. The summed E-state index contributed by atoms with van der Waals surface area (Å²) in [6.07, 6.45) is 3.90. The fourth-order valence-electron chi connectivity index (χ4n) is 3.61. The van der Waals surface area contributed by atoms with E-state index in [0.717, 1.165) is 11.3 Å². The molecule has 0 radical (unpaired) electrons. The lowest BCUT2D eigenvalue weighted by Gasteiger charge is -2.35. The van der Waals surface area contributed by atoms with Crippen LogP contribution in [0.5, 0.6) is 0 Å². The number of hydrogen-bond donors (Lipinski definition) is 0. The topological polar surface area (TPSA) is 64.4 Å². The minimum atomic E-state index is -3.76. The largest absolute Gasteiger partial charge is 0.358 e. The van der Waals surface area contributed by atoms with Gasteiger partial charge in [-0.1, -0.05) is 26.8 Å². The summed E-state index contributed by atoms with van der Waals surface area (Å²) in [5, 5.41) is 6.38. The van der Waals surface area contributed by atoms with Crippen molar-refractivity contribution in [2.75, 3.05) is 6.61 Å². The average molecular weight is 412 g/mol. The molecular weight excluding hydrogens is 382 g/mol. The normalized spacial score (nSPS) is 24.1. The molecule has 3 rings (SSSR count). The van der Waals surface area contributed by atoms with E-state index in [0.29, 0.717) is 31.1 Å². The lowest BCUT2D eigenvalue weighted by Crippen LogP contribution is -2.49. The quantitative estimate of drug-likeness (QED) is 0.688. The standard InChI is InChI=1S/C19H29N3O3S2/c1-6-15-13-25-19(4,10-9-14(2)3)22(15)27(23,24)17-12-21(5)20-18(17)16-8-7-11-26-16/h7-8,11-12,14-15H,6,9-10,13H2,1-5H3. The molecule has 1 aliphatic rings. The molecule has 3 heterocycles. The monoisotopic (exact) mass is 411 g/mol. The number of thiophene rings is 1. The van der Waals surface area contributed by atoms with Gasteiger partial charge in [0.15, 0.2) is 0 Å². The van der Waals surface area contributed by atoms with Crippen molar-refractivity contribution in [3.05, 3.63) is 23.7 Å². The minimum Gasteiger partial charge on any atom is -0.358 e. The molecule has 1 fully saturated rings. The van der Waals surface area contributed by atoms with Crippen LogP contribution >= 0.6 is 11.3 Å². The van der Waals surface area contributed by atoms with E-state index < -0.39 is 15.7 Å². The first-order valence-corrected chi connectivity index (χ1v) is 11.8. The zero-order chi connectivity index (χ0) is 19.8. The Labute approximate surface area is 166 Å². The molecule has 1 aliphatic heterocycles. The second-order valence-corrected chi connectivity index (χ2v) is 10.5. The Morgan fingerprint density at radius 3 is 2.78 bits per heavy atom. The maximum atomic E-state index is 13.8. The van der Waals surface area contributed by atoms with Crippen LogP contribution in [0, 0.1) is 5.92 Å². The molecule has 0 amide bonds. The van der Waals surface area contributed by atoms with Gasteiger partial charge in [-0.05, 0) is 43.6 Å². The van der Waals surface area contributed by atoms with Crippen molar-refractivity contribution in [1.82, 2.24) is 14.1 Å². The van der Waals surface area contributed by atoms with Gasteiger partial charge in [-0.3, -0.25) is 4.68 Å². The summed E-state index contributed by atoms with van der Waals surface area (Å²) >= 11 is 1.49. The molecule has 0 aliphatic carbocycles. The molecular formula is C19H29N3O3S2. The van der Waals surface area contributed by atoms with Crippen LogP contribution in [-0.2, 0) is 21.8 Å². The zero-order valence-electron chi connectivity index (χ0n) is 16.7. The van der Waals surface area contributed by atoms with Crippen LogP contribution in [0.1, 0.15) is 47.0 Å². The predicted molar refractivity (Wildman–Crippen MR) is 108 cm³/mol. The van der Waals surface area contributed by atoms with Gasteiger partial charge in [0.25, 0.3) is 0 Å². The first-order chi connectivity index (χ1) is 12.7. The van der Waals surface area contributed by atoms with Gasteiger partial charge >= 0.3 is 0 Å². The zero-order valence-corrected chi connectivity index (χ0v) is 18.3. The van der Waals surface area contributed by atoms with E-state index in [9.17, 15) is 8.42 Å². The van der Waals surface area contributed by atoms with Crippen molar-refractivity contribution in [2.45, 2.75) is 63.6 Å². The molecule has 8 heteroatoms. The predicted octanol–water partition coefficient (Wildman–Crippen LogP) is 4.10. The van der Waals surface area contributed by atoms with Crippen LogP contribution < -0.4 is 0 Å². The van der Waals surface area contributed by atoms with Gasteiger partial charge in [-0.15, -0.1) is 11.3 Å². The van der Waals surface area contributed by atoms with Gasteiger partial charge in [0.2, 0.25) is 10.0 Å². The highest BCUT2D eigenvalue weighted by Gasteiger charge is 2.51. The molecule has 0 saturated carbocycles. The smallest absolute Gasteiger partial charge is 0.249 e. The van der Waals surface area contributed by atoms with Crippen molar-refractivity contribution < 1.29 is 13.2 Å². The second kappa shape index (κ2) is 7.66. The van der Waals surface area contributed by atoms with Gasteiger partial charge in [0.1, 0.15) is 16.3 Å². The van der Waals surface area contributed by atoms with E-state index in [1.807, 2.05) is 31.4 Å². The highest BCUT2D eigenvalue weighted by Crippen LogP contribution is 2.41. The van der Waals surface area contributed by atoms with Crippen LogP contribution in [0.15, 0.2) is 28.6 Å². The first kappa shape index (κ1) is 20.5. The van der Waals surface area contributed by atoms with Crippen molar-refractivity contribution in [2.24, 2.45) is 13.0 Å². The van der Waals surface area contributed by atoms with E-state index in [1.54, 1.807) is 22.2 Å². The second-order valence-electron chi connectivity index (χ2n) is 7.77. The summed E-state index contributed by atoms with van der Waals surface area (Å²) in [5.74, 6) is 0.482. The summed E-state index contributed by atoms with van der Waals surface area (Å²) in [5.41, 5.74) is -0.313. The summed E-state index contributed by atoms with van der Waals surface area (Å²) in [4.78, 5) is 1.11. The highest BCUT2D eigenvalue weighted by atomic mass is 32.2. The van der Waals surface area contributed by atoms with Gasteiger partial charge in [0, 0.05) is 13.2 Å². The molecule has 0 aromatic carbocycles. The van der Waals surface area contributed by atoms with Crippen LogP contribution in [0.2, 0.25) is 0 Å². The molecule has 2 aromatic rings. The molecule has 2 aromatic heterocycles. The van der Waals surface area contributed by atoms with Crippen molar-refractivity contribution in [3.8, 4) is 10.6 Å². The molecule has 27 heavy (non-hydrogen) atoms. The van der Waals surface area contributed by atoms with Crippen LogP contribution in [0.3, 0.4) is 0 Å². The minimum absolute atomic E-state index is 0.163. The number of nitrogens with zero attached hydrogens (tertiary/aromatic N) is 3.